The van der Waals surface area contributed by atoms with E-state index in [1.165, 1.54) is 18.4 Å². The highest BCUT2D eigenvalue weighted by Crippen LogP contribution is 2.33. The van der Waals surface area contributed by atoms with Crippen LogP contribution < -0.4 is 5.32 Å². The molecule has 0 bridgehead atoms. The lowest BCUT2D eigenvalue weighted by Crippen LogP contribution is -2.59. The topological polar surface area (TPSA) is 21.3 Å². The van der Waals surface area contributed by atoms with Crippen LogP contribution in [-0.2, 0) is 11.2 Å². The Labute approximate surface area is 116 Å². The van der Waals surface area contributed by atoms with Gasteiger partial charge in [-0.1, -0.05) is 44.2 Å². The predicted octanol–water partition coefficient (Wildman–Crippen LogP) is 3.02. The average Bonchev–Trinajstić information content (AvgIpc) is 2.40. The number of benzene rings is 1. The maximum absolute atomic E-state index is 6.15. The average molecular weight is 259 g/mol. The van der Waals surface area contributed by atoms with E-state index in [1.54, 1.807) is 0 Å². The van der Waals surface area contributed by atoms with Gasteiger partial charge in [0, 0.05) is 12.1 Å². The van der Waals surface area contributed by atoms with Crippen LogP contribution in [0.5, 0.6) is 0 Å². The third-order valence-electron chi connectivity index (χ3n) is 4.69. The number of ether oxygens (including phenoxy) is 1. The highest BCUT2D eigenvalue weighted by atomic mass is 16.5. The second kappa shape index (κ2) is 5.64. The van der Waals surface area contributed by atoms with E-state index in [1.807, 2.05) is 0 Å². The van der Waals surface area contributed by atoms with Crippen LogP contribution in [-0.4, -0.2) is 24.8 Å². The normalized spacial score (nSPS) is 38.7. The Morgan fingerprint density at radius 3 is 2.74 bits per heavy atom. The lowest BCUT2D eigenvalue weighted by atomic mass is 9.77. The van der Waals surface area contributed by atoms with Gasteiger partial charge in [0.1, 0.15) is 0 Å². The molecule has 1 aliphatic heterocycles. The minimum absolute atomic E-state index is 0.436. The molecule has 104 valence electrons. The van der Waals surface area contributed by atoms with Gasteiger partial charge < -0.3 is 10.1 Å². The molecule has 2 aliphatic rings. The van der Waals surface area contributed by atoms with Crippen LogP contribution in [0.4, 0.5) is 0 Å². The number of nitrogens with one attached hydrogen (secondary N) is 1. The predicted molar refractivity (Wildman–Crippen MR) is 78.2 cm³/mol. The first kappa shape index (κ1) is 13.1. The molecule has 1 N–H and O–H groups in total. The Balaban J connectivity index is 1.62. The summed E-state index contributed by atoms with van der Waals surface area (Å²) in [5, 5.41) is 3.85. The lowest BCUT2D eigenvalue weighted by molar-refractivity contribution is -0.0718. The van der Waals surface area contributed by atoms with E-state index in [0.717, 1.165) is 24.9 Å². The van der Waals surface area contributed by atoms with Crippen molar-refractivity contribution in [2.24, 2.45) is 11.8 Å². The van der Waals surface area contributed by atoms with Gasteiger partial charge in [-0.05, 0) is 36.7 Å². The maximum Gasteiger partial charge on any atom is 0.0734 e. The van der Waals surface area contributed by atoms with E-state index in [9.17, 15) is 0 Å². The number of rotatable bonds is 2. The zero-order valence-electron chi connectivity index (χ0n) is 12.0. The summed E-state index contributed by atoms with van der Waals surface area (Å²) in [4.78, 5) is 0. The van der Waals surface area contributed by atoms with E-state index < -0.39 is 0 Å². The summed E-state index contributed by atoms with van der Waals surface area (Å²) in [7, 11) is 0. The van der Waals surface area contributed by atoms with E-state index in [4.69, 9.17) is 4.74 Å². The Hall–Kier alpha value is -0.860. The van der Waals surface area contributed by atoms with Crippen molar-refractivity contribution in [2.45, 2.75) is 51.3 Å². The van der Waals surface area contributed by atoms with Gasteiger partial charge in [-0.3, -0.25) is 0 Å². The molecule has 0 aromatic heterocycles. The van der Waals surface area contributed by atoms with Crippen molar-refractivity contribution in [3.05, 3.63) is 35.9 Å². The molecule has 2 fully saturated rings. The van der Waals surface area contributed by atoms with Crippen LogP contribution in [0.2, 0.25) is 0 Å². The van der Waals surface area contributed by atoms with Gasteiger partial charge in [0.15, 0.2) is 0 Å². The zero-order chi connectivity index (χ0) is 13.2. The summed E-state index contributed by atoms with van der Waals surface area (Å²) >= 11 is 0. The highest BCUT2D eigenvalue weighted by molar-refractivity contribution is 5.16. The van der Waals surface area contributed by atoms with Crippen molar-refractivity contribution in [2.75, 3.05) is 6.61 Å². The SMILES string of the molecule is CC1CC(C)C2NC(Cc3ccccc3)COC2C1. The van der Waals surface area contributed by atoms with Crippen molar-refractivity contribution in [1.29, 1.82) is 0 Å². The molecule has 1 saturated carbocycles. The summed E-state index contributed by atoms with van der Waals surface area (Å²) in [5.74, 6) is 1.54. The lowest BCUT2D eigenvalue weighted by Gasteiger charge is -2.45. The first-order chi connectivity index (χ1) is 9.22. The molecule has 1 aromatic rings. The fourth-order valence-corrected chi connectivity index (χ4v) is 3.81. The maximum atomic E-state index is 6.15. The Morgan fingerprint density at radius 2 is 1.95 bits per heavy atom. The van der Waals surface area contributed by atoms with Gasteiger partial charge in [-0.15, -0.1) is 0 Å². The number of fused-ring (bicyclic) bond motifs is 1. The molecule has 0 amide bonds. The molecule has 1 aliphatic carbocycles. The van der Waals surface area contributed by atoms with Gasteiger partial charge in [0.25, 0.3) is 0 Å². The third-order valence-corrected chi connectivity index (χ3v) is 4.69. The van der Waals surface area contributed by atoms with Crippen molar-refractivity contribution in [3.63, 3.8) is 0 Å². The van der Waals surface area contributed by atoms with Gasteiger partial charge in [-0.25, -0.2) is 0 Å². The molecule has 5 unspecified atom stereocenters. The first-order valence-electron chi connectivity index (χ1n) is 7.64. The monoisotopic (exact) mass is 259 g/mol. The number of morpholine rings is 1. The van der Waals surface area contributed by atoms with E-state index in [-0.39, 0.29) is 0 Å². The minimum atomic E-state index is 0.436. The Kier molecular flexibility index (Phi) is 3.90. The van der Waals surface area contributed by atoms with Gasteiger partial charge in [0.05, 0.1) is 12.7 Å². The quantitative estimate of drug-likeness (QED) is 0.881. The molecule has 3 rings (SSSR count). The molecule has 19 heavy (non-hydrogen) atoms. The smallest absolute Gasteiger partial charge is 0.0734 e. The van der Waals surface area contributed by atoms with Gasteiger partial charge in [-0.2, -0.15) is 0 Å². The first-order valence-corrected chi connectivity index (χ1v) is 7.64. The molecule has 1 saturated heterocycles. The van der Waals surface area contributed by atoms with Crippen LogP contribution in [0.25, 0.3) is 0 Å². The molecule has 2 heteroatoms. The summed E-state index contributed by atoms with van der Waals surface area (Å²) in [6.45, 7) is 5.58. The highest BCUT2D eigenvalue weighted by Gasteiger charge is 2.38. The summed E-state index contributed by atoms with van der Waals surface area (Å²) in [5.41, 5.74) is 1.40. The second-order valence-electron chi connectivity index (χ2n) is 6.50. The van der Waals surface area contributed by atoms with Crippen LogP contribution in [0, 0.1) is 11.8 Å². The van der Waals surface area contributed by atoms with E-state index in [0.29, 0.717) is 18.2 Å². The zero-order valence-corrected chi connectivity index (χ0v) is 12.0. The van der Waals surface area contributed by atoms with Gasteiger partial charge >= 0.3 is 0 Å². The standard InChI is InChI=1S/C17H25NO/c1-12-8-13(2)17-16(9-12)19-11-15(18-17)10-14-6-4-3-5-7-14/h3-7,12-13,15-18H,8-11H2,1-2H3. The van der Waals surface area contributed by atoms with E-state index in [2.05, 4.69) is 49.5 Å². The van der Waals surface area contributed by atoms with Crippen LogP contribution in [0.1, 0.15) is 32.3 Å². The molecule has 1 heterocycles. The number of hydrogen-bond donors (Lipinski definition) is 1. The largest absolute Gasteiger partial charge is 0.375 e. The molecular formula is C17H25NO. The summed E-state index contributed by atoms with van der Waals surface area (Å²) in [6, 6.07) is 11.8. The molecule has 0 spiro atoms. The molecule has 1 aromatic carbocycles. The fraction of sp³-hybridized carbons (Fsp3) is 0.647. The van der Waals surface area contributed by atoms with Crippen LogP contribution in [0.3, 0.4) is 0 Å². The summed E-state index contributed by atoms with van der Waals surface area (Å²) < 4.78 is 6.15. The van der Waals surface area contributed by atoms with Crippen molar-refractivity contribution in [1.82, 2.24) is 5.32 Å². The van der Waals surface area contributed by atoms with Gasteiger partial charge in [0.2, 0.25) is 0 Å². The van der Waals surface area contributed by atoms with Crippen molar-refractivity contribution < 1.29 is 4.74 Å². The van der Waals surface area contributed by atoms with Crippen LogP contribution in [0.15, 0.2) is 30.3 Å². The molecule has 2 nitrogen and oxygen atoms in total. The molecule has 5 atom stereocenters. The third kappa shape index (κ3) is 3.01. The number of hydrogen-bond acceptors (Lipinski definition) is 2. The van der Waals surface area contributed by atoms with E-state index >= 15 is 0 Å². The fourth-order valence-electron chi connectivity index (χ4n) is 3.81. The van der Waals surface area contributed by atoms with Crippen molar-refractivity contribution >= 4 is 0 Å². The van der Waals surface area contributed by atoms with Crippen LogP contribution >= 0.6 is 0 Å². The Morgan fingerprint density at radius 1 is 1.16 bits per heavy atom. The molecule has 0 radical (unpaired) electrons. The molecular weight excluding hydrogens is 234 g/mol. The Bertz CT molecular complexity index is 405. The second-order valence-corrected chi connectivity index (χ2v) is 6.50. The van der Waals surface area contributed by atoms with Crippen molar-refractivity contribution in [3.8, 4) is 0 Å². The minimum Gasteiger partial charge on any atom is -0.375 e. The summed E-state index contributed by atoms with van der Waals surface area (Å²) in [6.07, 6.45) is 4.06.